The maximum Gasteiger partial charge on any atom is 0.354 e. The van der Waals surface area contributed by atoms with E-state index in [2.05, 4.69) is 15.0 Å². The van der Waals surface area contributed by atoms with E-state index in [9.17, 15) is 9.90 Å². The number of thiazole rings is 1. The minimum atomic E-state index is -1.02. The Kier molecular flexibility index (Phi) is 3.92. The van der Waals surface area contributed by atoms with Crippen molar-refractivity contribution in [1.29, 1.82) is 0 Å². The summed E-state index contributed by atoms with van der Waals surface area (Å²) >= 11 is 1.38. The number of hydrogen-bond donors (Lipinski definition) is 1. The molecule has 128 valence electrons. The number of fused-ring (bicyclic) bond motifs is 3. The van der Waals surface area contributed by atoms with Crippen molar-refractivity contribution in [1.82, 2.24) is 9.38 Å². The fourth-order valence-corrected chi connectivity index (χ4v) is 3.71. The molecule has 4 aromatic rings. The average molecular weight is 365 g/mol. The lowest BCUT2D eigenvalue weighted by Gasteiger charge is -2.09. The van der Waals surface area contributed by atoms with E-state index in [4.69, 9.17) is 10.3 Å². The number of rotatable bonds is 5. The summed E-state index contributed by atoms with van der Waals surface area (Å²) in [5.41, 5.74) is 10.2. The number of para-hydroxylation sites is 1. The highest BCUT2D eigenvalue weighted by Gasteiger charge is 2.16. The molecule has 1 N–H and O–H groups in total. The van der Waals surface area contributed by atoms with Crippen LogP contribution in [0.2, 0.25) is 0 Å². The maximum atomic E-state index is 11.3. The molecule has 26 heavy (non-hydrogen) atoms. The van der Waals surface area contributed by atoms with Crippen molar-refractivity contribution in [2.45, 2.75) is 6.54 Å². The van der Waals surface area contributed by atoms with Crippen LogP contribution >= 0.6 is 11.3 Å². The van der Waals surface area contributed by atoms with Gasteiger partial charge < -0.3 is 9.84 Å². The Morgan fingerprint density at radius 3 is 3.00 bits per heavy atom. The summed E-state index contributed by atoms with van der Waals surface area (Å²) in [6.07, 6.45) is 1.35. The molecule has 9 heteroatoms. The van der Waals surface area contributed by atoms with Crippen LogP contribution in [0.3, 0.4) is 0 Å². The van der Waals surface area contributed by atoms with Gasteiger partial charge in [-0.1, -0.05) is 34.7 Å². The SMILES string of the molecule is [N-]=[N+]=NCc1ccccc1Oc1ccc2c(c1)sc1ncc(C(=O)O)n12. The van der Waals surface area contributed by atoms with Gasteiger partial charge in [-0.3, -0.25) is 4.40 Å². The zero-order valence-electron chi connectivity index (χ0n) is 13.2. The lowest BCUT2D eigenvalue weighted by atomic mass is 10.2. The molecule has 0 atom stereocenters. The van der Waals surface area contributed by atoms with Crippen LogP contribution < -0.4 is 4.74 Å². The van der Waals surface area contributed by atoms with E-state index < -0.39 is 5.97 Å². The number of carboxylic acid groups (broad SMARTS) is 1. The lowest BCUT2D eigenvalue weighted by Crippen LogP contribution is -2.00. The van der Waals surface area contributed by atoms with Crippen LogP contribution in [-0.4, -0.2) is 20.5 Å². The molecule has 0 saturated heterocycles. The first-order valence-corrected chi connectivity index (χ1v) is 8.39. The molecule has 0 aliphatic heterocycles. The van der Waals surface area contributed by atoms with Gasteiger partial charge in [0.05, 0.1) is 23.0 Å². The fourth-order valence-electron chi connectivity index (χ4n) is 2.68. The summed E-state index contributed by atoms with van der Waals surface area (Å²) in [6, 6.07) is 12.7. The maximum absolute atomic E-state index is 11.3. The Morgan fingerprint density at radius 2 is 2.19 bits per heavy atom. The van der Waals surface area contributed by atoms with Crippen molar-refractivity contribution in [3.05, 3.63) is 70.4 Å². The third-order valence-electron chi connectivity index (χ3n) is 3.83. The molecular formula is C17H11N5O3S. The van der Waals surface area contributed by atoms with E-state index in [0.29, 0.717) is 16.5 Å². The summed E-state index contributed by atoms with van der Waals surface area (Å²) in [7, 11) is 0. The molecule has 0 spiro atoms. The molecule has 0 aliphatic rings. The van der Waals surface area contributed by atoms with Crippen molar-refractivity contribution >= 4 is 32.5 Å². The third kappa shape index (κ3) is 2.71. The molecule has 2 aromatic heterocycles. The molecule has 0 radical (unpaired) electrons. The van der Waals surface area contributed by atoms with Gasteiger partial charge in [0.25, 0.3) is 0 Å². The molecule has 0 fully saturated rings. The molecule has 2 heterocycles. The minimum Gasteiger partial charge on any atom is -0.477 e. The van der Waals surface area contributed by atoms with Crippen LogP contribution in [0, 0.1) is 0 Å². The summed E-state index contributed by atoms with van der Waals surface area (Å²) < 4.78 is 8.42. The molecule has 0 amide bonds. The van der Waals surface area contributed by atoms with Gasteiger partial charge in [0, 0.05) is 16.5 Å². The van der Waals surface area contributed by atoms with Gasteiger partial charge in [0.1, 0.15) is 11.5 Å². The molecule has 2 aromatic carbocycles. The number of imidazole rings is 1. The normalized spacial score (nSPS) is 10.8. The molecule has 0 bridgehead atoms. The molecule has 8 nitrogen and oxygen atoms in total. The number of carboxylic acids is 1. The summed E-state index contributed by atoms with van der Waals surface area (Å²) in [4.78, 5) is 18.9. The minimum absolute atomic E-state index is 0.125. The molecule has 4 rings (SSSR count). The largest absolute Gasteiger partial charge is 0.477 e. The number of aromatic carboxylic acids is 1. The lowest BCUT2D eigenvalue weighted by molar-refractivity contribution is 0.0690. The fraction of sp³-hybridized carbons (Fsp3) is 0.0588. The highest BCUT2D eigenvalue weighted by Crippen LogP contribution is 2.33. The molecule has 0 saturated carbocycles. The van der Waals surface area contributed by atoms with Gasteiger partial charge in [0.15, 0.2) is 10.7 Å². The predicted molar refractivity (Wildman–Crippen MR) is 96.9 cm³/mol. The number of benzene rings is 2. The number of aromatic nitrogens is 2. The van der Waals surface area contributed by atoms with E-state index in [1.54, 1.807) is 22.6 Å². The summed E-state index contributed by atoms with van der Waals surface area (Å²) in [6.45, 7) is 0.198. The zero-order valence-corrected chi connectivity index (χ0v) is 14.1. The number of hydrogen-bond acceptors (Lipinski definition) is 5. The molecule has 0 aliphatic carbocycles. The van der Waals surface area contributed by atoms with Gasteiger partial charge in [0.2, 0.25) is 0 Å². The van der Waals surface area contributed by atoms with Crippen LogP contribution in [0.1, 0.15) is 16.1 Å². The van der Waals surface area contributed by atoms with Gasteiger partial charge in [-0.15, -0.1) is 0 Å². The topological polar surface area (TPSA) is 113 Å². The standard InChI is InChI=1S/C17H11N5O3S/c18-21-20-8-10-3-1-2-4-14(10)25-11-5-6-12-15(7-11)26-17-19-9-13(16(23)24)22(12)17/h1-7,9H,8H2,(H,23,24). The first-order chi connectivity index (χ1) is 12.7. The summed E-state index contributed by atoms with van der Waals surface area (Å²) in [5, 5.41) is 12.9. The van der Waals surface area contributed by atoms with Crippen molar-refractivity contribution in [3.63, 3.8) is 0 Å². The highest BCUT2D eigenvalue weighted by atomic mass is 32.1. The predicted octanol–water partition coefficient (Wildman–Crippen LogP) is 4.85. The number of carbonyl (C=O) groups is 1. The highest BCUT2D eigenvalue weighted by molar-refractivity contribution is 7.23. The summed E-state index contributed by atoms with van der Waals surface area (Å²) in [5.74, 6) is 0.184. The van der Waals surface area contributed by atoms with Gasteiger partial charge in [-0.05, 0) is 23.7 Å². The second-order valence-corrected chi connectivity index (χ2v) is 6.41. The van der Waals surface area contributed by atoms with E-state index in [1.807, 2.05) is 24.3 Å². The third-order valence-corrected chi connectivity index (χ3v) is 4.84. The zero-order chi connectivity index (χ0) is 18.1. The Labute approximate surface area is 150 Å². The van der Waals surface area contributed by atoms with Crippen LogP contribution in [0.5, 0.6) is 11.5 Å². The van der Waals surface area contributed by atoms with E-state index in [0.717, 1.165) is 15.8 Å². The van der Waals surface area contributed by atoms with Crippen LogP contribution in [-0.2, 0) is 6.54 Å². The Bertz CT molecular complexity index is 1190. The second kappa shape index (κ2) is 6.40. The Balaban J connectivity index is 1.74. The first kappa shape index (κ1) is 15.9. The number of nitrogens with zero attached hydrogens (tertiary/aromatic N) is 5. The quantitative estimate of drug-likeness (QED) is 0.309. The van der Waals surface area contributed by atoms with Crippen molar-refractivity contribution in [3.8, 4) is 11.5 Å². The first-order valence-electron chi connectivity index (χ1n) is 7.57. The van der Waals surface area contributed by atoms with Crippen LogP contribution in [0.25, 0.3) is 25.6 Å². The van der Waals surface area contributed by atoms with Gasteiger partial charge in [-0.2, -0.15) is 0 Å². The van der Waals surface area contributed by atoms with E-state index in [-0.39, 0.29) is 12.2 Å². The Hall–Kier alpha value is -3.55. The molecular weight excluding hydrogens is 354 g/mol. The smallest absolute Gasteiger partial charge is 0.354 e. The molecule has 0 unspecified atom stereocenters. The van der Waals surface area contributed by atoms with Gasteiger partial charge >= 0.3 is 5.97 Å². The Morgan fingerprint density at radius 1 is 1.35 bits per heavy atom. The van der Waals surface area contributed by atoms with E-state index in [1.165, 1.54) is 17.5 Å². The average Bonchev–Trinajstić information content (AvgIpc) is 3.19. The van der Waals surface area contributed by atoms with Crippen molar-refractivity contribution in [2.75, 3.05) is 0 Å². The van der Waals surface area contributed by atoms with Crippen molar-refractivity contribution in [2.24, 2.45) is 5.11 Å². The monoisotopic (exact) mass is 365 g/mol. The van der Waals surface area contributed by atoms with Crippen LogP contribution in [0.4, 0.5) is 0 Å². The van der Waals surface area contributed by atoms with Crippen LogP contribution in [0.15, 0.2) is 53.8 Å². The van der Waals surface area contributed by atoms with Gasteiger partial charge in [-0.25, -0.2) is 9.78 Å². The van der Waals surface area contributed by atoms with E-state index >= 15 is 0 Å². The van der Waals surface area contributed by atoms with Crippen molar-refractivity contribution < 1.29 is 14.6 Å². The second-order valence-electron chi connectivity index (χ2n) is 5.40. The number of ether oxygens (including phenoxy) is 1. The number of azide groups is 1.